The highest BCUT2D eigenvalue weighted by atomic mass is 19.1. The number of ether oxygens (including phenoxy) is 1. The van der Waals surface area contributed by atoms with Crippen molar-refractivity contribution < 1.29 is 27.8 Å². The number of amides is 1. The van der Waals surface area contributed by atoms with Crippen molar-refractivity contribution in [3.05, 3.63) is 53.5 Å². The third kappa shape index (κ3) is 4.94. The molecule has 2 aromatic heterocycles. The summed E-state index contributed by atoms with van der Waals surface area (Å²) in [5.41, 5.74) is 0.971. The minimum absolute atomic E-state index is 0.196. The largest absolute Gasteiger partial charge is 0.514 e. The lowest BCUT2D eigenvalue weighted by molar-refractivity contribution is 0.00578. The number of pyridine rings is 1. The topological polar surface area (TPSA) is 95.7 Å². The van der Waals surface area contributed by atoms with Gasteiger partial charge in [0.1, 0.15) is 28.5 Å². The number of nitrogens with zero attached hydrogens (tertiary/aromatic N) is 2. The van der Waals surface area contributed by atoms with E-state index in [2.05, 4.69) is 15.5 Å². The molecule has 1 aliphatic rings. The van der Waals surface area contributed by atoms with Crippen molar-refractivity contribution in [2.45, 2.75) is 65.8 Å². The van der Waals surface area contributed by atoms with Crippen LogP contribution < -0.4 is 15.6 Å². The van der Waals surface area contributed by atoms with Crippen LogP contribution in [0.25, 0.3) is 11.3 Å². The summed E-state index contributed by atoms with van der Waals surface area (Å²) in [6, 6.07) is 9.10. The first kappa shape index (κ1) is 24.9. The average molecular weight is 481 g/mol. The number of aryl methyl sites for hydroxylation is 1. The quantitative estimate of drug-likeness (QED) is 0.517. The Balaban J connectivity index is 1.64. The fraction of sp³-hybridized carbons (Fsp3) is 0.400. The van der Waals surface area contributed by atoms with Gasteiger partial charge in [-0.05, 0) is 84.9 Å². The number of hydrogen-bond acceptors (Lipinski definition) is 7. The lowest BCUT2D eigenvalue weighted by Gasteiger charge is -2.32. The Kier molecular flexibility index (Phi) is 6.46. The van der Waals surface area contributed by atoms with Crippen LogP contribution >= 0.6 is 0 Å². The van der Waals surface area contributed by atoms with E-state index in [1.54, 1.807) is 19.1 Å². The number of halogens is 1. The molecule has 3 aromatic rings. The summed E-state index contributed by atoms with van der Waals surface area (Å²) in [6.45, 7) is 13.2. The summed E-state index contributed by atoms with van der Waals surface area (Å²) >= 11 is 0. The fourth-order valence-corrected chi connectivity index (χ4v) is 3.59. The van der Waals surface area contributed by atoms with Gasteiger partial charge in [-0.1, -0.05) is 5.16 Å². The number of rotatable bonds is 6. The first-order valence-electron chi connectivity index (χ1n) is 11.4. The van der Waals surface area contributed by atoms with E-state index in [1.807, 2.05) is 41.5 Å². The average Bonchev–Trinajstić information content (AvgIpc) is 3.25. The number of nitrogens with one attached hydrogen (secondary N) is 1. The molecule has 1 saturated heterocycles. The van der Waals surface area contributed by atoms with Crippen LogP contribution in [0.3, 0.4) is 0 Å². The lowest BCUT2D eigenvalue weighted by atomic mass is 9.84. The van der Waals surface area contributed by atoms with Crippen molar-refractivity contribution in [2.75, 3.05) is 5.32 Å². The second-order valence-corrected chi connectivity index (χ2v) is 9.77. The Hall–Kier alpha value is -3.24. The van der Waals surface area contributed by atoms with Gasteiger partial charge in [-0.3, -0.25) is 4.79 Å². The first-order valence-corrected chi connectivity index (χ1v) is 11.4. The highest BCUT2D eigenvalue weighted by Crippen LogP contribution is 2.37. The van der Waals surface area contributed by atoms with Gasteiger partial charge < -0.3 is 23.9 Å². The summed E-state index contributed by atoms with van der Waals surface area (Å²) in [7, 11) is -0.676. The summed E-state index contributed by atoms with van der Waals surface area (Å²) in [4.78, 5) is 17.9. The van der Waals surface area contributed by atoms with Gasteiger partial charge in [0.05, 0.1) is 22.9 Å². The number of aromatic nitrogens is 2. The second-order valence-electron chi connectivity index (χ2n) is 9.77. The van der Waals surface area contributed by atoms with E-state index < -0.39 is 24.2 Å². The van der Waals surface area contributed by atoms with Crippen LogP contribution in [-0.2, 0) is 9.31 Å². The zero-order valence-corrected chi connectivity index (χ0v) is 20.9. The first-order chi connectivity index (χ1) is 16.4. The zero-order chi connectivity index (χ0) is 25.5. The molecule has 35 heavy (non-hydrogen) atoms. The molecule has 0 bridgehead atoms. The predicted octanol–water partition coefficient (Wildman–Crippen LogP) is 4.52. The highest BCUT2D eigenvalue weighted by molar-refractivity contribution is 6.61. The maximum Gasteiger partial charge on any atom is 0.514 e. The van der Waals surface area contributed by atoms with E-state index >= 15 is 0 Å². The van der Waals surface area contributed by atoms with Crippen LogP contribution in [-0.4, -0.2) is 40.5 Å². The van der Waals surface area contributed by atoms with E-state index in [1.165, 1.54) is 24.3 Å². The Morgan fingerprint density at radius 1 is 1.06 bits per heavy atom. The van der Waals surface area contributed by atoms with Gasteiger partial charge in [-0.25, -0.2) is 9.37 Å². The van der Waals surface area contributed by atoms with Crippen molar-refractivity contribution >= 4 is 24.3 Å². The van der Waals surface area contributed by atoms with Crippen molar-refractivity contribution in [2.24, 2.45) is 0 Å². The van der Waals surface area contributed by atoms with E-state index in [0.29, 0.717) is 28.3 Å². The molecule has 0 saturated carbocycles. The van der Waals surface area contributed by atoms with Crippen LogP contribution in [0, 0.1) is 12.7 Å². The van der Waals surface area contributed by atoms with Crippen LogP contribution in [0.2, 0.25) is 0 Å². The van der Waals surface area contributed by atoms with Crippen LogP contribution in [0.15, 0.2) is 40.9 Å². The minimum Gasteiger partial charge on any atom is -0.473 e. The van der Waals surface area contributed by atoms with Crippen LogP contribution in [0.4, 0.5) is 10.1 Å². The third-order valence-corrected chi connectivity index (χ3v) is 6.18. The van der Waals surface area contributed by atoms with E-state index in [9.17, 15) is 9.18 Å². The van der Waals surface area contributed by atoms with Gasteiger partial charge in [-0.2, -0.15) is 0 Å². The predicted molar refractivity (Wildman–Crippen MR) is 130 cm³/mol. The van der Waals surface area contributed by atoms with Crippen LogP contribution in [0.1, 0.15) is 57.7 Å². The third-order valence-electron chi connectivity index (χ3n) is 6.18. The molecule has 1 aliphatic heterocycles. The summed E-state index contributed by atoms with van der Waals surface area (Å²) in [5.74, 6) is -0.279. The molecule has 0 atom stereocenters. The zero-order valence-electron chi connectivity index (χ0n) is 20.9. The van der Waals surface area contributed by atoms with Gasteiger partial charge >= 0.3 is 7.12 Å². The highest BCUT2D eigenvalue weighted by Gasteiger charge is 2.52. The standard InChI is InChI=1S/C25H29BFN3O5/c1-14(2)32-23-18(12-13-19(29-23)26-34-24(4,5)25(6,7)35-26)28-22(31)20-15(3)33-30-21(20)16-8-10-17(27)11-9-16/h8-14H,1-7H3,(H,28,31). The summed E-state index contributed by atoms with van der Waals surface area (Å²) < 4.78 is 36.8. The molecule has 184 valence electrons. The van der Waals surface area contributed by atoms with Gasteiger partial charge in [0.15, 0.2) is 0 Å². The SMILES string of the molecule is Cc1onc(-c2ccc(F)cc2)c1C(=O)Nc1ccc(B2OC(C)(C)C(C)(C)O2)nc1OC(C)C. The molecule has 8 nitrogen and oxygen atoms in total. The molecule has 3 heterocycles. The molecule has 0 radical (unpaired) electrons. The van der Waals surface area contributed by atoms with Crippen molar-refractivity contribution in [3.63, 3.8) is 0 Å². The maximum absolute atomic E-state index is 13.4. The molecular formula is C25H29BFN3O5. The van der Waals surface area contributed by atoms with Crippen molar-refractivity contribution in [1.29, 1.82) is 0 Å². The van der Waals surface area contributed by atoms with Gasteiger partial charge in [0.25, 0.3) is 5.91 Å². The molecule has 0 spiro atoms. The number of carbonyl (C=O) groups excluding carboxylic acids is 1. The molecular weight excluding hydrogens is 452 g/mol. The second kappa shape index (κ2) is 9.09. The molecule has 10 heteroatoms. The molecule has 1 aromatic carbocycles. The van der Waals surface area contributed by atoms with Gasteiger partial charge in [0, 0.05) is 5.56 Å². The number of benzene rings is 1. The Bertz CT molecular complexity index is 1220. The maximum atomic E-state index is 13.4. The fourth-order valence-electron chi connectivity index (χ4n) is 3.59. The molecule has 0 unspecified atom stereocenters. The van der Waals surface area contributed by atoms with Crippen molar-refractivity contribution in [3.8, 4) is 17.1 Å². The Labute approximate surface area is 204 Å². The number of hydrogen-bond donors (Lipinski definition) is 1. The number of carbonyl (C=O) groups is 1. The van der Waals surface area contributed by atoms with E-state index in [-0.39, 0.29) is 23.4 Å². The Morgan fingerprint density at radius 3 is 2.29 bits per heavy atom. The lowest BCUT2D eigenvalue weighted by Crippen LogP contribution is -2.41. The monoisotopic (exact) mass is 481 g/mol. The van der Waals surface area contributed by atoms with E-state index in [4.69, 9.17) is 18.6 Å². The molecule has 1 fully saturated rings. The molecule has 1 N–H and O–H groups in total. The van der Waals surface area contributed by atoms with Gasteiger partial charge in [-0.15, -0.1) is 0 Å². The normalized spacial score (nSPS) is 16.5. The minimum atomic E-state index is -0.676. The smallest absolute Gasteiger partial charge is 0.473 e. The Morgan fingerprint density at radius 2 is 1.69 bits per heavy atom. The molecule has 0 aliphatic carbocycles. The number of anilines is 1. The van der Waals surface area contributed by atoms with Gasteiger partial charge in [0.2, 0.25) is 5.88 Å². The van der Waals surface area contributed by atoms with E-state index in [0.717, 1.165) is 0 Å². The van der Waals surface area contributed by atoms with Crippen molar-refractivity contribution in [1.82, 2.24) is 10.1 Å². The molecule has 4 rings (SSSR count). The van der Waals surface area contributed by atoms with Crippen LogP contribution in [0.5, 0.6) is 5.88 Å². The summed E-state index contributed by atoms with van der Waals surface area (Å²) in [6.07, 6.45) is -0.196. The molecule has 1 amide bonds. The summed E-state index contributed by atoms with van der Waals surface area (Å²) in [5, 5.41) is 6.85.